The van der Waals surface area contributed by atoms with E-state index in [-0.39, 0.29) is 5.97 Å². The van der Waals surface area contributed by atoms with E-state index in [2.05, 4.69) is 33.5 Å². The molecule has 32 heavy (non-hydrogen) atoms. The number of hydrogen-bond donors (Lipinski definition) is 1. The first-order valence-electron chi connectivity index (χ1n) is 11.6. The molecule has 1 aliphatic heterocycles. The van der Waals surface area contributed by atoms with E-state index in [1.54, 1.807) is 13.0 Å². The van der Waals surface area contributed by atoms with Crippen molar-refractivity contribution in [3.8, 4) is 16.3 Å². The minimum Gasteiger partial charge on any atom is -0.508 e. The lowest BCUT2D eigenvalue weighted by atomic mass is 10.1. The maximum Gasteiger partial charge on any atom is 0.350 e. The summed E-state index contributed by atoms with van der Waals surface area (Å²) < 4.78 is 5.13. The molecule has 0 saturated carbocycles. The normalized spacial score (nSPS) is 15.4. The third-order valence-corrected chi connectivity index (χ3v) is 7.26. The number of aromatic nitrogens is 1. The number of carbonyl (C=O) groups excluding carboxylic acids is 1. The maximum atomic E-state index is 12.1. The highest BCUT2D eigenvalue weighted by atomic mass is 32.1. The number of likely N-dealkylation sites (N-methyl/N-ethyl adjacent to an activating group) is 1. The molecule has 1 aliphatic rings. The number of piperazine rings is 1. The van der Waals surface area contributed by atoms with Gasteiger partial charge in [0.25, 0.3) is 0 Å². The molecule has 176 valence electrons. The van der Waals surface area contributed by atoms with Gasteiger partial charge in [-0.15, -0.1) is 11.3 Å². The monoisotopic (exact) mass is 460 g/mol. The van der Waals surface area contributed by atoms with Gasteiger partial charge in [0.05, 0.1) is 12.3 Å². The van der Waals surface area contributed by atoms with Crippen molar-refractivity contribution in [1.29, 1.82) is 0 Å². The van der Waals surface area contributed by atoms with E-state index in [0.717, 1.165) is 68.5 Å². The second kappa shape index (κ2) is 11.7. The second-order valence-electron chi connectivity index (χ2n) is 8.14. The molecule has 0 amide bonds. The van der Waals surface area contributed by atoms with Crippen LogP contribution in [-0.2, 0) is 11.3 Å². The van der Waals surface area contributed by atoms with Gasteiger partial charge in [0, 0.05) is 56.9 Å². The first kappa shape index (κ1) is 24.6. The fraction of sp³-hybridized carbons (Fsp3) is 0.583. The first-order valence-corrected chi connectivity index (χ1v) is 12.4. The van der Waals surface area contributed by atoms with Crippen LogP contribution in [0.4, 0.5) is 0 Å². The number of phenolic OH excluding ortho intramolecular Hbond substituents is 1. The molecule has 8 heteroatoms. The minimum atomic E-state index is -0.327. The van der Waals surface area contributed by atoms with E-state index in [0.29, 0.717) is 29.5 Å². The van der Waals surface area contributed by atoms with Crippen molar-refractivity contribution in [3.05, 3.63) is 34.3 Å². The van der Waals surface area contributed by atoms with Gasteiger partial charge >= 0.3 is 5.97 Å². The summed E-state index contributed by atoms with van der Waals surface area (Å²) in [7, 11) is 0. The highest BCUT2D eigenvalue weighted by Crippen LogP contribution is 2.32. The van der Waals surface area contributed by atoms with Crippen LogP contribution in [0.1, 0.15) is 41.7 Å². The Kier molecular flexibility index (Phi) is 9.04. The molecule has 1 aromatic carbocycles. The van der Waals surface area contributed by atoms with Crippen LogP contribution in [0.15, 0.2) is 18.2 Å². The third kappa shape index (κ3) is 6.28. The number of nitrogens with zero attached hydrogens (tertiary/aromatic N) is 4. The average Bonchev–Trinajstić information content (AvgIpc) is 3.19. The molecule has 2 heterocycles. The second-order valence-corrected chi connectivity index (χ2v) is 9.14. The van der Waals surface area contributed by atoms with Crippen molar-refractivity contribution < 1.29 is 14.6 Å². The molecule has 3 rings (SSSR count). The summed E-state index contributed by atoms with van der Waals surface area (Å²) in [5.74, 6) is -0.0248. The summed E-state index contributed by atoms with van der Waals surface area (Å²) in [6.07, 6.45) is 0. The van der Waals surface area contributed by atoms with E-state index >= 15 is 0 Å². The molecule has 7 nitrogen and oxygen atoms in total. The summed E-state index contributed by atoms with van der Waals surface area (Å²) in [6.45, 7) is 17.6. The fourth-order valence-electron chi connectivity index (χ4n) is 3.99. The first-order chi connectivity index (χ1) is 15.4. The molecule has 1 saturated heterocycles. The highest BCUT2D eigenvalue weighted by Gasteiger charge is 2.20. The molecular weight excluding hydrogens is 424 g/mol. The maximum absolute atomic E-state index is 12.1. The Morgan fingerprint density at radius 3 is 2.50 bits per heavy atom. The molecule has 0 radical (unpaired) electrons. The number of hydrogen-bond acceptors (Lipinski definition) is 8. The van der Waals surface area contributed by atoms with Gasteiger partial charge in [0.2, 0.25) is 0 Å². The number of carbonyl (C=O) groups is 1. The number of benzene rings is 1. The van der Waals surface area contributed by atoms with Gasteiger partial charge in [-0.2, -0.15) is 0 Å². The lowest BCUT2D eigenvalue weighted by molar-refractivity contribution is 0.0531. The fourth-order valence-corrected chi connectivity index (χ4v) is 4.94. The summed E-state index contributed by atoms with van der Waals surface area (Å²) in [6, 6.07) is 5.58. The largest absolute Gasteiger partial charge is 0.508 e. The Balaban J connectivity index is 1.61. The number of esters is 1. The van der Waals surface area contributed by atoms with E-state index in [1.807, 2.05) is 19.1 Å². The number of rotatable bonds is 10. The van der Waals surface area contributed by atoms with E-state index < -0.39 is 0 Å². The molecule has 0 aliphatic carbocycles. The molecule has 0 spiro atoms. The number of ether oxygens (including phenoxy) is 1. The van der Waals surface area contributed by atoms with Crippen molar-refractivity contribution in [1.82, 2.24) is 19.7 Å². The van der Waals surface area contributed by atoms with Crippen molar-refractivity contribution >= 4 is 17.3 Å². The zero-order valence-corrected chi connectivity index (χ0v) is 20.6. The van der Waals surface area contributed by atoms with Gasteiger partial charge in [-0.1, -0.05) is 13.8 Å². The van der Waals surface area contributed by atoms with E-state index in [4.69, 9.17) is 4.74 Å². The Morgan fingerprint density at radius 1 is 1.16 bits per heavy atom. The van der Waals surface area contributed by atoms with Crippen LogP contribution < -0.4 is 0 Å². The molecule has 0 unspecified atom stereocenters. The molecule has 2 aromatic rings. The van der Waals surface area contributed by atoms with Crippen LogP contribution in [0.25, 0.3) is 10.6 Å². The Bertz CT molecular complexity index is 889. The summed E-state index contributed by atoms with van der Waals surface area (Å²) in [5, 5.41) is 11.2. The van der Waals surface area contributed by atoms with Crippen LogP contribution >= 0.6 is 11.3 Å². The topological polar surface area (TPSA) is 69.1 Å². The predicted octanol–water partition coefficient (Wildman–Crippen LogP) is 3.46. The van der Waals surface area contributed by atoms with Crippen LogP contribution in [0, 0.1) is 6.92 Å². The third-order valence-electron chi connectivity index (χ3n) is 6.07. The number of thiazole rings is 1. The van der Waals surface area contributed by atoms with E-state index in [9.17, 15) is 9.90 Å². The summed E-state index contributed by atoms with van der Waals surface area (Å²) in [4.78, 5) is 24.6. The number of aryl methyl sites for hydroxylation is 1. The van der Waals surface area contributed by atoms with Gasteiger partial charge < -0.3 is 14.7 Å². The predicted molar refractivity (Wildman–Crippen MR) is 129 cm³/mol. The standard InChI is InChI=1S/C24H36N4O3S/c1-5-26(6-2)10-11-27-12-14-28(15-13-27)17-20-16-19(8-9-21(20)29)23-25-18(4)22(32-23)24(30)31-7-3/h8-9,16,29H,5-7,10-15,17H2,1-4H3. The van der Waals surface area contributed by atoms with Crippen molar-refractivity contribution in [2.24, 2.45) is 0 Å². The van der Waals surface area contributed by atoms with Gasteiger partial charge in [-0.05, 0) is 45.1 Å². The Labute approximate surface area is 195 Å². The Hall–Kier alpha value is -2.00. The molecule has 0 bridgehead atoms. The SMILES string of the molecule is CCOC(=O)c1sc(-c2ccc(O)c(CN3CCN(CCN(CC)CC)CC3)c2)nc1C. The number of aromatic hydroxyl groups is 1. The minimum absolute atomic E-state index is 0.302. The van der Waals surface area contributed by atoms with Crippen molar-refractivity contribution in [3.63, 3.8) is 0 Å². The quantitative estimate of drug-likeness (QED) is 0.545. The summed E-state index contributed by atoms with van der Waals surface area (Å²) in [5.41, 5.74) is 2.49. The van der Waals surface area contributed by atoms with Crippen LogP contribution in [0.2, 0.25) is 0 Å². The zero-order chi connectivity index (χ0) is 23.1. The zero-order valence-electron chi connectivity index (χ0n) is 19.8. The van der Waals surface area contributed by atoms with E-state index in [1.165, 1.54) is 11.3 Å². The molecule has 1 fully saturated rings. The Morgan fingerprint density at radius 2 is 1.84 bits per heavy atom. The highest BCUT2D eigenvalue weighted by molar-refractivity contribution is 7.17. The van der Waals surface area contributed by atoms with Gasteiger partial charge in [0.15, 0.2) is 0 Å². The molecule has 1 aromatic heterocycles. The van der Waals surface area contributed by atoms with Gasteiger partial charge in [-0.3, -0.25) is 9.80 Å². The lowest BCUT2D eigenvalue weighted by Crippen LogP contribution is -2.48. The smallest absolute Gasteiger partial charge is 0.350 e. The molecular formula is C24H36N4O3S. The number of phenols is 1. The van der Waals surface area contributed by atoms with Crippen LogP contribution in [0.5, 0.6) is 5.75 Å². The lowest BCUT2D eigenvalue weighted by Gasteiger charge is -2.35. The van der Waals surface area contributed by atoms with Crippen LogP contribution in [-0.4, -0.2) is 89.7 Å². The molecule has 0 atom stereocenters. The average molecular weight is 461 g/mol. The van der Waals surface area contributed by atoms with Gasteiger partial charge in [0.1, 0.15) is 15.6 Å². The van der Waals surface area contributed by atoms with Crippen molar-refractivity contribution in [2.45, 2.75) is 34.2 Å². The van der Waals surface area contributed by atoms with Gasteiger partial charge in [-0.25, -0.2) is 9.78 Å². The van der Waals surface area contributed by atoms with Crippen LogP contribution in [0.3, 0.4) is 0 Å². The van der Waals surface area contributed by atoms with Crippen molar-refractivity contribution in [2.75, 3.05) is 59.0 Å². The summed E-state index contributed by atoms with van der Waals surface area (Å²) >= 11 is 1.34. The molecule has 1 N–H and O–H groups in total.